The van der Waals surface area contributed by atoms with Gasteiger partial charge >= 0.3 is 0 Å². The first-order valence-electron chi connectivity index (χ1n) is 4.87. The SMILES string of the molecule is COc1cc(CN[C@H](C)CO)ccc1O. The molecule has 0 saturated carbocycles. The third-order valence-corrected chi connectivity index (χ3v) is 2.17. The Morgan fingerprint density at radius 3 is 2.80 bits per heavy atom. The van der Waals surface area contributed by atoms with E-state index in [4.69, 9.17) is 9.84 Å². The minimum Gasteiger partial charge on any atom is -0.504 e. The minimum absolute atomic E-state index is 0.0600. The monoisotopic (exact) mass is 211 g/mol. The molecule has 4 heteroatoms. The molecule has 0 fully saturated rings. The molecule has 1 aromatic carbocycles. The summed E-state index contributed by atoms with van der Waals surface area (Å²) in [5, 5.41) is 21.3. The highest BCUT2D eigenvalue weighted by atomic mass is 16.5. The zero-order chi connectivity index (χ0) is 11.3. The topological polar surface area (TPSA) is 61.7 Å². The van der Waals surface area contributed by atoms with E-state index >= 15 is 0 Å². The first-order valence-corrected chi connectivity index (χ1v) is 4.87. The molecule has 1 atom stereocenters. The number of ether oxygens (including phenoxy) is 1. The molecule has 84 valence electrons. The number of aliphatic hydroxyl groups is 1. The maximum absolute atomic E-state index is 9.37. The van der Waals surface area contributed by atoms with E-state index in [0.29, 0.717) is 12.3 Å². The molecule has 0 aliphatic carbocycles. The molecule has 0 aliphatic heterocycles. The van der Waals surface area contributed by atoms with Gasteiger partial charge in [0.1, 0.15) is 0 Å². The summed E-state index contributed by atoms with van der Waals surface area (Å²) in [5.41, 5.74) is 1.00. The van der Waals surface area contributed by atoms with Gasteiger partial charge < -0.3 is 20.3 Å². The van der Waals surface area contributed by atoms with Crippen LogP contribution in [0.4, 0.5) is 0 Å². The van der Waals surface area contributed by atoms with Gasteiger partial charge in [0, 0.05) is 12.6 Å². The van der Waals surface area contributed by atoms with Gasteiger partial charge in [-0.1, -0.05) is 6.07 Å². The van der Waals surface area contributed by atoms with Crippen molar-refractivity contribution in [3.63, 3.8) is 0 Å². The van der Waals surface area contributed by atoms with Crippen molar-refractivity contribution in [3.8, 4) is 11.5 Å². The summed E-state index contributed by atoms with van der Waals surface area (Å²) in [7, 11) is 1.52. The molecule has 0 heterocycles. The third-order valence-electron chi connectivity index (χ3n) is 2.17. The molecular formula is C11H17NO3. The van der Waals surface area contributed by atoms with Gasteiger partial charge in [0.05, 0.1) is 13.7 Å². The number of aliphatic hydroxyl groups excluding tert-OH is 1. The lowest BCUT2D eigenvalue weighted by atomic mass is 10.2. The highest BCUT2D eigenvalue weighted by Crippen LogP contribution is 2.26. The van der Waals surface area contributed by atoms with Crippen molar-refractivity contribution in [3.05, 3.63) is 23.8 Å². The predicted octanol–water partition coefficient (Wildman–Crippen LogP) is 0.871. The standard InChI is InChI=1S/C11H17NO3/c1-8(7-13)12-6-9-3-4-10(14)11(5-9)15-2/h3-5,8,12-14H,6-7H2,1-2H3/t8-/m1/s1. The lowest BCUT2D eigenvalue weighted by molar-refractivity contribution is 0.251. The predicted molar refractivity (Wildman–Crippen MR) is 58.0 cm³/mol. The lowest BCUT2D eigenvalue weighted by Crippen LogP contribution is -2.28. The molecule has 0 radical (unpaired) electrons. The van der Waals surface area contributed by atoms with E-state index in [2.05, 4.69) is 5.32 Å². The fourth-order valence-electron chi connectivity index (χ4n) is 1.19. The molecule has 0 aliphatic rings. The van der Waals surface area contributed by atoms with Crippen LogP contribution in [0.1, 0.15) is 12.5 Å². The Bertz CT molecular complexity index is 315. The number of benzene rings is 1. The summed E-state index contributed by atoms with van der Waals surface area (Å²) >= 11 is 0. The van der Waals surface area contributed by atoms with Crippen LogP contribution in [0.3, 0.4) is 0 Å². The summed E-state index contributed by atoms with van der Waals surface area (Å²) in [6, 6.07) is 5.24. The van der Waals surface area contributed by atoms with E-state index in [9.17, 15) is 5.11 Å². The van der Waals surface area contributed by atoms with Crippen molar-refractivity contribution in [2.24, 2.45) is 0 Å². The average Bonchev–Trinajstić information content (AvgIpc) is 2.27. The third kappa shape index (κ3) is 3.42. The maximum Gasteiger partial charge on any atom is 0.160 e. The van der Waals surface area contributed by atoms with Gasteiger partial charge in [-0.25, -0.2) is 0 Å². The number of nitrogens with one attached hydrogen (secondary N) is 1. The summed E-state index contributed by atoms with van der Waals surface area (Å²) in [6.45, 7) is 2.64. The molecule has 4 nitrogen and oxygen atoms in total. The lowest BCUT2D eigenvalue weighted by Gasteiger charge is -2.11. The van der Waals surface area contributed by atoms with Crippen LogP contribution < -0.4 is 10.1 Å². The Morgan fingerprint density at radius 2 is 2.20 bits per heavy atom. The molecule has 0 saturated heterocycles. The molecule has 15 heavy (non-hydrogen) atoms. The molecule has 0 bridgehead atoms. The van der Waals surface area contributed by atoms with Gasteiger partial charge in [0.15, 0.2) is 11.5 Å². The van der Waals surface area contributed by atoms with Gasteiger partial charge in [-0.15, -0.1) is 0 Å². The fraction of sp³-hybridized carbons (Fsp3) is 0.455. The van der Waals surface area contributed by atoms with Crippen LogP contribution in [0.2, 0.25) is 0 Å². The molecule has 0 spiro atoms. The second kappa shape index (κ2) is 5.58. The van der Waals surface area contributed by atoms with E-state index < -0.39 is 0 Å². The first kappa shape index (κ1) is 11.8. The largest absolute Gasteiger partial charge is 0.504 e. The van der Waals surface area contributed by atoms with Crippen LogP contribution in [0, 0.1) is 0 Å². The molecule has 1 rings (SSSR count). The smallest absolute Gasteiger partial charge is 0.160 e. The maximum atomic E-state index is 9.37. The molecule has 0 unspecified atom stereocenters. The highest BCUT2D eigenvalue weighted by Gasteiger charge is 2.03. The second-order valence-electron chi connectivity index (χ2n) is 3.47. The van der Waals surface area contributed by atoms with Gasteiger partial charge in [-0.3, -0.25) is 0 Å². The zero-order valence-electron chi connectivity index (χ0n) is 9.03. The Morgan fingerprint density at radius 1 is 1.47 bits per heavy atom. The van der Waals surface area contributed by atoms with Crippen LogP contribution in [-0.2, 0) is 6.54 Å². The zero-order valence-corrected chi connectivity index (χ0v) is 9.03. The number of aromatic hydroxyl groups is 1. The molecular weight excluding hydrogens is 194 g/mol. The molecule has 3 N–H and O–H groups in total. The average molecular weight is 211 g/mol. The van der Waals surface area contributed by atoms with Crippen LogP contribution in [-0.4, -0.2) is 30.0 Å². The van der Waals surface area contributed by atoms with Gasteiger partial charge in [0.2, 0.25) is 0 Å². The minimum atomic E-state index is 0.0600. The van der Waals surface area contributed by atoms with E-state index in [1.165, 1.54) is 7.11 Å². The Balaban J connectivity index is 2.62. The second-order valence-corrected chi connectivity index (χ2v) is 3.47. The van der Waals surface area contributed by atoms with Gasteiger partial charge in [-0.2, -0.15) is 0 Å². The van der Waals surface area contributed by atoms with Crippen molar-refractivity contribution in [1.29, 1.82) is 0 Å². The number of methoxy groups -OCH3 is 1. The number of hydrogen-bond donors (Lipinski definition) is 3. The van der Waals surface area contributed by atoms with Gasteiger partial charge in [-0.05, 0) is 24.6 Å². The number of phenols is 1. The quantitative estimate of drug-likeness (QED) is 0.676. The Labute approximate surface area is 89.5 Å². The number of hydrogen-bond acceptors (Lipinski definition) is 4. The van der Waals surface area contributed by atoms with Crippen molar-refractivity contribution in [1.82, 2.24) is 5.32 Å². The van der Waals surface area contributed by atoms with Crippen LogP contribution in [0.15, 0.2) is 18.2 Å². The Kier molecular flexibility index (Phi) is 4.39. The highest BCUT2D eigenvalue weighted by molar-refractivity contribution is 5.41. The van der Waals surface area contributed by atoms with Crippen LogP contribution in [0.25, 0.3) is 0 Å². The van der Waals surface area contributed by atoms with Crippen LogP contribution in [0.5, 0.6) is 11.5 Å². The summed E-state index contributed by atoms with van der Waals surface area (Å²) in [4.78, 5) is 0. The normalized spacial score (nSPS) is 12.5. The van der Waals surface area contributed by atoms with Crippen molar-refractivity contribution in [2.75, 3.05) is 13.7 Å². The summed E-state index contributed by atoms with van der Waals surface area (Å²) in [6.07, 6.45) is 0. The number of rotatable bonds is 5. The van der Waals surface area contributed by atoms with Gasteiger partial charge in [0.25, 0.3) is 0 Å². The first-order chi connectivity index (χ1) is 7.17. The molecule has 0 aromatic heterocycles. The van der Waals surface area contributed by atoms with E-state index in [-0.39, 0.29) is 18.4 Å². The van der Waals surface area contributed by atoms with Crippen LogP contribution >= 0.6 is 0 Å². The van der Waals surface area contributed by atoms with Crippen molar-refractivity contribution >= 4 is 0 Å². The fourth-order valence-corrected chi connectivity index (χ4v) is 1.19. The van der Waals surface area contributed by atoms with Crippen molar-refractivity contribution < 1.29 is 14.9 Å². The van der Waals surface area contributed by atoms with E-state index in [0.717, 1.165) is 5.56 Å². The number of phenolic OH excluding ortho intramolecular Hbond substituents is 1. The summed E-state index contributed by atoms with van der Waals surface area (Å²) in [5.74, 6) is 0.599. The van der Waals surface area contributed by atoms with Crippen molar-refractivity contribution in [2.45, 2.75) is 19.5 Å². The molecule has 1 aromatic rings. The Hall–Kier alpha value is -1.26. The summed E-state index contributed by atoms with van der Waals surface area (Å²) < 4.78 is 4.99. The molecule has 0 amide bonds. The van der Waals surface area contributed by atoms with E-state index in [1.54, 1.807) is 12.1 Å². The van der Waals surface area contributed by atoms with E-state index in [1.807, 2.05) is 13.0 Å².